The number of nitrogen functional groups attached to an aromatic ring is 1. The zero-order valence-corrected chi connectivity index (χ0v) is 19.0. The van der Waals surface area contributed by atoms with Crippen LogP contribution in [-0.2, 0) is 4.79 Å². The second-order valence-electron chi connectivity index (χ2n) is 6.99. The average Bonchev–Trinajstić information content (AvgIpc) is 3.24. The Labute approximate surface area is 199 Å². The number of carbonyl (C=O) groups is 2. The number of nitrogens with zero attached hydrogens (tertiary/aromatic N) is 4. The Bertz CT molecular complexity index is 1290. The molecule has 0 fully saturated rings. The number of ether oxygens (including phenoxy) is 1. The third kappa shape index (κ3) is 5.33. The number of benzene rings is 2. The molecule has 4 N–H and O–H groups in total. The number of hydrogen-bond acceptors (Lipinski definition) is 8. The fourth-order valence-electron chi connectivity index (χ4n) is 3.04. The Morgan fingerprint density at radius 2 is 1.82 bits per heavy atom. The molecule has 0 aliphatic carbocycles. The van der Waals surface area contributed by atoms with Gasteiger partial charge in [-0.15, -0.1) is 10.2 Å². The highest BCUT2D eigenvalue weighted by atomic mass is 32.2. The first kappa shape index (κ1) is 22.8. The number of para-hydroxylation sites is 2. The molecule has 0 atom stereocenters. The lowest BCUT2D eigenvalue weighted by molar-refractivity contribution is -0.113. The Morgan fingerprint density at radius 1 is 1.03 bits per heavy atom. The molecule has 0 aliphatic rings. The highest BCUT2D eigenvalue weighted by Crippen LogP contribution is 2.24. The molecule has 0 radical (unpaired) electrons. The lowest BCUT2D eigenvalue weighted by Crippen LogP contribution is -2.17. The second-order valence-corrected chi connectivity index (χ2v) is 7.93. The maximum Gasteiger partial charge on any atom is 0.255 e. The number of aromatic nitrogens is 4. The van der Waals surface area contributed by atoms with Crippen molar-refractivity contribution in [1.29, 1.82) is 0 Å². The van der Waals surface area contributed by atoms with Gasteiger partial charge in [0.2, 0.25) is 11.1 Å². The van der Waals surface area contributed by atoms with Crippen LogP contribution in [0.4, 0.5) is 11.4 Å². The van der Waals surface area contributed by atoms with Crippen LogP contribution in [-0.4, -0.2) is 44.5 Å². The third-order valence-electron chi connectivity index (χ3n) is 4.70. The molecule has 2 aromatic heterocycles. The molecule has 34 heavy (non-hydrogen) atoms. The standard InChI is InChI=1S/C23H21N7O3S/c1-33-19-7-3-2-6-18(19)27-22(32)15-8-10-17(11-9-15)26-20(31)14-34-23-29-28-21(30(23)24)16-5-4-12-25-13-16/h2-13H,14,24H2,1H3,(H,26,31)(H,27,32). The van der Waals surface area contributed by atoms with Gasteiger partial charge in [-0.1, -0.05) is 23.9 Å². The van der Waals surface area contributed by atoms with Crippen molar-refractivity contribution < 1.29 is 14.3 Å². The van der Waals surface area contributed by atoms with E-state index in [4.69, 9.17) is 10.6 Å². The third-order valence-corrected chi connectivity index (χ3v) is 5.65. The number of thioether (sulfide) groups is 1. The summed E-state index contributed by atoms with van der Waals surface area (Å²) in [6.45, 7) is 0. The molecule has 0 unspecified atom stereocenters. The molecule has 4 rings (SSSR count). The number of nitrogens with two attached hydrogens (primary N) is 1. The molecular formula is C23H21N7O3S. The van der Waals surface area contributed by atoms with Gasteiger partial charge >= 0.3 is 0 Å². The van der Waals surface area contributed by atoms with Crippen LogP contribution in [0.25, 0.3) is 11.4 Å². The molecule has 2 heterocycles. The van der Waals surface area contributed by atoms with Gasteiger partial charge < -0.3 is 21.2 Å². The normalized spacial score (nSPS) is 10.5. The van der Waals surface area contributed by atoms with Crippen LogP contribution < -0.4 is 21.2 Å². The van der Waals surface area contributed by atoms with Crippen LogP contribution in [0.5, 0.6) is 5.75 Å². The largest absolute Gasteiger partial charge is 0.495 e. The van der Waals surface area contributed by atoms with Crippen molar-refractivity contribution in [2.45, 2.75) is 5.16 Å². The van der Waals surface area contributed by atoms with Gasteiger partial charge in [-0.3, -0.25) is 14.6 Å². The summed E-state index contributed by atoms with van der Waals surface area (Å²) in [6, 6.07) is 17.3. The van der Waals surface area contributed by atoms with Gasteiger partial charge in [0.15, 0.2) is 5.82 Å². The molecule has 0 saturated carbocycles. The van der Waals surface area contributed by atoms with E-state index < -0.39 is 0 Å². The number of hydrogen-bond donors (Lipinski definition) is 3. The van der Waals surface area contributed by atoms with E-state index in [1.165, 1.54) is 11.8 Å². The number of amides is 2. The summed E-state index contributed by atoms with van der Waals surface area (Å²) in [5, 5.41) is 14.1. The van der Waals surface area contributed by atoms with Crippen molar-refractivity contribution >= 4 is 35.0 Å². The molecule has 0 spiro atoms. The van der Waals surface area contributed by atoms with Gasteiger partial charge in [-0.05, 0) is 48.5 Å². The predicted molar refractivity (Wildman–Crippen MR) is 130 cm³/mol. The minimum atomic E-state index is -0.287. The Balaban J connectivity index is 1.32. The Kier molecular flexibility index (Phi) is 7.04. The predicted octanol–water partition coefficient (Wildman–Crippen LogP) is 3.05. The number of nitrogens with one attached hydrogen (secondary N) is 2. The molecule has 2 amide bonds. The minimum absolute atomic E-state index is 0.0818. The number of carbonyl (C=O) groups excluding carboxylic acids is 2. The van der Waals surface area contributed by atoms with Crippen LogP contribution in [0.1, 0.15) is 10.4 Å². The SMILES string of the molecule is COc1ccccc1NC(=O)c1ccc(NC(=O)CSc2nnc(-c3cccnc3)n2N)cc1. The van der Waals surface area contributed by atoms with Gasteiger partial charge in [0.25, 0.3) is 5.91 Å². The molecule has 0 saturated heterocycles. The topological polar surface area (TPSA) is 137 Å². The summed E-state index contributed by atoms with van der Waals surface area (Å²) >= 11 is 1.16. The van der Waals surface area contributed by atoms with Gasteiger partial charge in [0.1, 0.15) is 5.75 Å². The number of pyridine rings is 1. The van der Waals surface area contributed by atoms with Crippen LogP contribution in [0.3, 0.4) is 0 Å². The smallest absolute Gasteiger partial charge is 0.255 e. The van der Waals surface area contributed by atoms with E-state index in [0.717, 1.165) is 17.3 Å². The molecule has 10 nitrogen and oxygen atoms in total. The summed E-state index contributed by atoms with van der Waals surface area (Å²) in [5.74, 6) is 6.63. The summed E-state index contributed by atoms with van der Waals surface area (Å²) in [5.41, 5.74) is 2.30. The van der Waals surface area contributed by atoms with E-state index in [1.54, 1.807) is 54.9 Å². The molecular weight excluding hydrogens is 454 g/mol. The number of methoxy groups -OCH3 is 1. The van der Waals surface area contributed by atoms with Crippen LogP contribution in [0.2, 0.25) is 0 Å². The minimum Gasteiger partial charge on any atom is -0.495 e. The zero-order chi connectivity index (χ0) is 23.9. The van der Waals surface area contributed by atoms with Crippen molar-refractivity contribution in [3.05, 3.63) is 78.6 Å². The van der Waals surface area contributed by atoms with Crippen molar-refractivity contribution in [2.75, 3.05) is 29.3 Å². The quantitative estimate of drug-likeness (QED) is 0.261. The van der Waals surface area contributed by atoms with Crippen molar-refractivity contribution in [3.63, 3.8) is 0 Å². The Morgan fingerprint density at radius 3 is 2.56 bits per heavy atom. The van der Waals surface area contributed by atoms with Crippen molar-refractivity contribution in [2.24, 2.45) is 0 Å². The summed E-state index contributed by atoms with van der Waals surface area (Å²) in [6.07, 6.45) is 3.29. The van der Waals surface area contributed by atoms with E-state index in [9.17, 15) is 9.59 Å². The van der Waals surface area contributed by atoms with Gasteiger partial charge in [-0.25, -0.2) is 4.68 Å². The molecule has 172 valence electrons. The number of rotatable bonds is 8. The number of anilines is 2. The lowest BCUT2D eigenvalue weighted by Gasteiger charge is -2.10. The van der Waals surface area contributed by atoms with Gasteiger partial charge in [0, 0.05) is 29.2 Å². The maximum atomic E-state index is 12.5. The second kappa shape index (κ2) is 10.5. The monoisotopic (exact) mass is 475 g/mol. The van der Waals surface area contributed by atoms with E-state index >= 15 is 0 Å². The molecule has 4 aromatic rings. The van der Waals surface area contributed by atoms with Crippen molar-refractivity contribution in [1.82, 2.24) is 19.9 Å². The zero-order valence-electron chi connectivity index (χ0n) is 18.1. The molecule has 0 aliphatic heterocycles. The van der Waals surface area contributed by atoms with E-state index in [2.05, 4.69) is 25.8 Å². The average molecular weight is 476 g/mol. The molecule has 0 bridgehead atoms. The summed E-state index contributed by atoms with van der Waals surface area (Å²) in [7, 11) is 1.54. The first-order valence-electron chi connectivity index (χ1n) is 10.1. The first-order valence-corrected chi connectivity index (χ1v) is 11.1. The van der Waals surface area contributed by atoms with E-state index in [0.29, 0.717) is 33.7 Å². The van der Waals surface area contributed by atoms with Crippen LogP contribution in [0, 0.1) is 0 Å². The highest BCUT2D eigenvalue weighted by molar-refractivity contribution is 7.99. The van der Waals surface area contributed by atoms with Crippen LogP contribution in [0.15, 0.2) is 78.2 Å². The Hall–Kier alpha value is -4.38. The fourth-order valence-corrected chi connectivity index (χ4v) is 3.70. The van der Waals surface area contributed by atoms with E-state index in [1.807, 2.05) is 18.2 Å². The van der Waals surface area contributed by atoms with E-state index in [-0.39, 0.29) is 17.6 Å². The van der Waals surface area contributed by atoms with Gasteiger partial charge in [0.05, 0.1) is 18.6 Å². The first-order chi connectivity index (χ1) is 16.5. The summed E-state index contributed by atoms with van der Waals surface area (Å²) in [4.78, 5) is 28.9. The van der Waals surface area contributed by atoms with Crippen LogP contribution >= 0.6 is 11.8 Å². The van der Waals surface area contributed by atoms with Crippen molar-refractivity contribution in [3.8, 4) is 17.1 Å². The fraction of sp³-hybridized carbons (Fsp3) is 0.0870. The highest BCUT2D eigenvalue weighted by Gasteiger charge is 2.14. The van der Waals surface area contributed by atoms with Gasteiger partial charge in [-0.2, -0.15) is 0 Å². The summed E-state index contributed by atoms with van der Waals surface area (Å²) < 4.78 is 6.57. The maximum absolute atomic E-state index is 12.5. The molecule has 11 heteroatoms. The lowest BCUT2D eigenvalue weighted by atomic mass is 10.2. The molecule has 2 aromatic carbocycles.